The predicted molar refractivity (Wildman–Crippen MR) is 103 cm³/mol. The Morgan fingerprint density at radius 2 is 1.96 bits per heavy atom. The lowest BCUT2D eigenvalue weighted by Gasteiger charge is -2.08. The van der Waals surface area contributed by atoms with Gasteiger partial charge in [0.25, 0.3) is 0 Å². The summed E-state index contributed by atoms with van der Waals surface area (Å²) < 4.78 is 38.1. The maximum Gasteiger partial charge on any atom is 0.240 e. The van der Waals surface area contributed by atoms with E-state index in [1.807, 2.05) is 6.92 Å². The van der Waals surface area contributed by atoms with Gasteiger partial charge in [-0.05, 0) is 55.0 Å². The normalized spacial score (nSPS) is 12.8. The van der Waals surface area contributed by atoms with E-state index in [1.165, 1.54) is 29.7 Å². The fourth-order valence-electron chi connectivity index (χ4n) is 2.41. The first-order chi connectivity index (χ1) is 13.0. The van der Waals surface area contributed by atoms with Crippen molar-refractivity contribution in [2.24, 2.45) is 0 Å². The molecule has 3 rings (SSSR count). The first-order valence-electron chi connectivity index (χ1n) is 8.52. The summed E-state index contributed by atoms with van der Waals surface area (Å²) in [6.07, 6.45) is 1.53. The van der Waals surface area contributed by atoms with Gasteiger partial charge in [-0.3, -0.25) is 0 Å². The second kappa shape index (κ2) is 8.71. The van der Waals surface area contributed by atoms with Crippen LogP contribution in [0.5, 0.6) is 5.75 Å². The van der Waals surface area contributed by atoms with Gasteiger partial charge in [0.15, 0.2) is 0 Å². The summed E-state index contributed by atoms with van der Waals surface area (Å²) in [5.41, 5.74) is 0. The van der Waals surface area contributed by atoms with Crippen LogP contribution >= 0.6 is 11.3 Å². The number of sulfonamides is 1. The number of aliphatic hydroxyl groups is 1. The van der Waals surface area contributed by atoms with Crippen molar-refractivity contribution >= 4 is 21.4 Å². The highest BCUT2D eigenvalue weighted by atomic mass is 32.2. The highest BCUT2D eigenvalue weighted by Crippen LogP contribution is 2.29. The average molecular weight is 408 g/mol. The van der Waals surface area contributed by atoms with Crippen LogP contribution < -0.4 is 9.46 Å². The highest BCUT2D eigenvalue weighted by molar-refractivity contribution is 7.89. The van der Waals surface area contributed by atoms with Crippen LogP contribution in [0.25, 0.3) is 0 Å². The Morgan fingerprint density at radius 3 is 2.63 bits per heavy atom. The van der Waals surface area contributed by atoms with E-state index in [0.717, 1.165) is 11.3 Å². The standard InChI is InChI=1S/C19H21NO5S2/c1-2-11-24-14-5-8-16(9-6-14)27(22,23)20-13-15-7-10-18(26-15)19(21)17-4-3-12-25-17/h3-10,12,19-21H,2,11,13H2,1H3. The third-order valence-electron chi connectivity index (χ3n) is 3.81. The number of aliphatic hydroxyl groups excluding tert-OH is 1. The van der Waals surface area contributed by atoms with Gasteiger partial charge in [-0.15, -0.1) is 11.3 Å². The maximum atomic E-state index is 12.4. The number of hydrogen-bond donors (Lipinski definition) is 2. The van der Waals surface area contributed by atoms with Gasteiger partial charge in [-0.25, -0.2) is 13.1 Å². The fraction of sp³-hybridized carbons (Fsp3) is 0.263. The minimum Gasteiger partial charge on any atom is -0.494 e. The van der Waals surface area contributed by atoms with Crippen molar-refractivity contribution in [2.45, 2.75) is 30.9 Å². The summed E-state index contributed by atoms with van der Waals surface area (Å²) in [5.74, 6) is 1.10. The highest BCUT2D eigenvalue weighted by Gasteiger charge is 2.17. The topological polar surface area (TPSA) is 88.8 Å². The van der Waals surface area contributed by atoms with Crippen LogP contribution in [0.4, 0.5) is 0 Å². The molecule has 0 bridgehead atoms. The maximum absolute atomic E-state index is 12.4. The molecule has 0 aliphatic heterocycles. The Bertz CT molecular complexity index is 946. The molecule has 0 saturated carbocycles. The van der Waals surface area contributed by atoms with Gasteiger partial charge in [-0.1, -0.05) is 6.92 Å². The first-order valence-corrected chi connectivity index (χ1v) is 10.8. The van der Waals surface area contributed by atoms with Gasteiger partial charge in [0.05, 0.1) is 17.8 Å². The summed E-state index contributed by atoms with van der Waals surface area (Å²) in [6, 6.07) is 13.3. The van der Waals surface area contributed by atoms with Crippen molar-refractivity contribution < 1.29 is 22.7 Å². The van der Waals surface area contributed by atoms with Gasteiger partial charge in [0.2, 0.25) is 10.0 Å². The molecule has 2 aromatic heterocycles. The quantitative estimate of drug-likeness (QED) is 0.565. The van der Waals surface area contributed by atoms with Crippen molar-refractivity contribution in [3.05, 3.63) is 70.3 Å². The second-order valence-corrected chi connectivity index (χ2v) is 8.83. The zero-order valence-corrected chi connectivity index (χ0v) is 16.4. The molecule has 0 amide bonds. The van der Waals surface area contributed by atoms with E-state index in [1.54, 1.807) is 36.4 Å². The predicted octanol–water partition coefficient (Wildman–Crippen LogP) is 3.69. The first kappa shape index (κ1) is 19.6. The van der Waals surface area contributed by atoms with Crippen LogP contribution in [0.3, 0.4) is 0 Å². The van der Waals surface area contributed by atoms with Gasteiger partial charge in [0.1, 0.15) is 17.6 Å². The zero-order chi connectivity index (χ0) is 19.3. The summed E-state index contributed by atoms with van der Waals surface area (Å²) in [7, 11) is -3.63. The van der Waals surface area contributed by atoms with Crippen molar-refractivity contribution in [3.8, 4) is 5.75 Å². The molecule has 0 aliphatic rings. The largest absolute Gasteiger partial charge is 0.494 e. The van der Waals surface area contributed by atoms with E-state index in [2.05, 4.69) is 4.72 Å². The van der Waals surface area contributed by atoms with Crippen LogP contribution in [0, 0.1) is 0 Å². The summed E-state index contributed by atoms with van der Waals surface area (Å²) in [4.78, 5) is 1.66. The zero-order valence-electron chi connectivity index (χ0n) is 14.8. The van der Waals surface area contributed by atoms with E-state index < -0.39 is 16.1 Å². The van der Waals surface area contributed by atoms with Crippen LogP contribution in [0.2, 0.25) is 0 Å². The molecule has 0 fully saturated rings. The molecule has 3 aromatic rings. The summed E-state index contributed by atoms with van der Waals surface area (Å²) in [6.45, 7) is 2.74. The number of nitrogens with one attached hydrogen (secondary N) is 1. The molecule has 1 aromatic carbocycles. The van der Waals surface area contributed by atoms with Gasteiger partial charge >= 0.3 is 0 Å². The minimum atomic E-state index is -3.63. The van der Waals surface area contributed by atoms with Crippen molar-refractivity contribution in [3.63, 3.8) is 0 Å². The average Bonchev–Trinajstić information content (AvgIpc) is 3.36. The van der Waals surface area contributed by atoms with Crippen molar-refractivity contribution in [1.29, 1.82) is 0 Å². The Balaban J connectivity index is 1.62. The van der Waals surface area contributed by atoms with E-state index in [-0.39, 0.29) is 11.4 Å². The molecule has 144 valence electrons. The number of benzene rings is 1. The minimum absolute atomic E-state index is 0.145. The second-order valence-electron chi connectivity index (χ2n) is 5.87. The molecule has 1 atom stereocenters. The third-order valence-corrected chi connectivity index (χ3v) is 6.36. The summed E-state index contributed by atoms with van der Waals surface area (Å²) in [5, 5.41) is 10.3. The molecule has 1 unspecified atom stereocenters. The number of furan rings is 1. The van der Waals surface area contributed by atoms with Gasteiger partial charge in [0, 0.05) is 16.3 Å². The third kappa shape index (κ3) is 4.98. The molecular formula is C19H21NO5S2. The summed E-state index contributed by atoms with van der Waals surface area (Å²) >= 11 is 1.33. The molecule has 0 spiro atoms. The molecule has 2 N–H and O–H groups in total. The smallest absolute Gasteiger partial charge is 0.240 e. The van der Waals surface area contributed by atoms with Gasteiger partial charge < -0.3 is 14.3 Å². The Kier molecular flexibility index (Phi) is 6.33. The number of thiophene rings is 1. The number of ether oxygens (including phenoxy) is 1. The number of hydrogen-bond acceptors (Lipinski definition) is 6. The molecular weight excluding hydrogens is 386 g/mol. The fourth-order valence-corrected chi connectivity index (χ4v) is 4.45. The molecule has 6 nitrogen and oxygen atoms in total. The Hall–Kier alpha value is -2.13. The molecule has 0 radical (unpaired) electrons. The van der Waals surface area contributed by atoms with Crippen LogP contribution in [0.1, 0.15) is 35.0 Å². The molecule has 2 heterocycles. The van der Waals surface area contributed by atoms with Crippen LogP contribution in [-0.4, -0.2) is 20.1 Å². The van der Waals surface area contributed by atoms with E-state index in [0.29, 0.717) is 23.0 Å². The SMILES string of the molecule is CCCOc1ccc(S(=O)(=O)NCc2ccc(C(O)c3ccco3)s2)cc1. The molecule has 0 saturated heterocycles. The Labute approximate surface area is 162 Å². The Morgan fingerprint density at radius 1 is 1.19 bits per heavy atom. The van der Waals surface area contributed by atoms with Crippen LogP contribution in [-0.2, 0) is 16.6 Å². The lowest BCUT2D eigenvalue weighted by molar-refractivity contribution is 0.193. The monoisotopic (exact) mass is 407 g/mol. The lowest BCUT2D eigenvalue weighted by Crippen LogP contribution is -2.22. The van der Waals surface area contributed by atoms with Gasteiger partial charge in [-0.2, -0.15) is 0 Å². The van der Waals surface area contributed by atoms with E-state index in [9.17, 15) is 13.5 Å². The molecule has 0 aliphatic carbocycles. The lowest BCUT2D eigenvalue weighted by atomic mass is 10.2. The van der Waals surface area contributed by atoms with Crippen LogP contribution in [0.15, 0.2) is 64.1 Å². The van der Waals surface area contributed by atoms with Crippen molar-refractivity contribution in [2.75, 3.05) is 6.61 Å². The molecule has 27 heavy (non-hydrogen) atoms. The number of rotatable bonds is 9. The van der Waals surface area contributed by atoms with Crippen molar-refractivity contribution in [1.82, 2.24) is 4.72 Å². The van der Waals surface area contributed by atoms with E-state index >= 15 is 0 Å². The molecule has 8 heteroatoms. The van der Waals surface area contributed by atoms with E-state index in [4.69, 9.17) is 9.15 Å².